The molecule has 1 heterocycles. The molecule has 0 saturated heterocycles. The Balaban J connectivity index is 1.76. The lowest BCUT2D eigenvalue weighted by Gasteiger charge is -2.40. The summed E-state index contributed by atoms with van der Waals surface area (Å²) in [5.74, 6) is -1.90. The van der Waals surface area contributed by atoms with Gasteiger partial charge in [-0.3, -0.25) is 14.4 Å². The van der Waals surface area contributed by atoms with Crippen molar-refractivity contribution in [3.63, 3.8) is 0 Å². The van der Waals surface area contributed by atoms with Crippen LogP contribution in [0, 0.1) is 11.3 Å². The largest absolute Gasteiger partial charge is 0.469 e. The van der Waals surface area contributed by atoms with Crippen molar-refractivity contribution in [1.82, 2.24) is 5.32 Å². The SMILES string of the molecule is C=C(C)CC(C(=O)NC1N=C(c2ccc(Cl)cc2)c2ccccc2N(C)C1=O)C1(C(=O)OC)CCCCC1. The van der Waals surface area contributed by atoms with E-state index in [4.69, 9.17) is 21.3 Å². The Morgan fingerprint density at radius 2 is 1.82 bits per heavy atom. The lowest BCUT2D eigenvalue weighted by atomic mass is 9.63. The van der Waals surface area contributed by atoms with Crippen molar-refractivity contribution in [2.45, 2.75) is 51.6 Å². The first-order valence-electron chi connectivity index (χ1n) is 12.9. The van der Waals surface area contributed by atoms with Crippen LogP contribution in [0.4, 0.5) is 5.69 Å². The fourth-order valence-electron chi connectivity index (χ4n) is 5.66. The van der Waals surface area contributed by atoms with Crippen LogP contribution in [0.15, 0.2) is 65.7 Å². The Labute approximate surface area is 228 Å². The number of benzodiazepines with no additional fused rings is 1. The van der Waals surface area contributed by atoms with Crippen LogP contribution in [0.5, 0.6) is 0 Å². The van der Waals surface area contributed by atoms with Gasteiger partial charge < -0.3 is 15.0 Å². The van der Waals surface area contributed by atoms with E-state index in [9.17, 15) is 14.4 Å². The smallest absolute Gasteiger partial charge is 0.312 e. The van der Waals surface area contributed by atoms with Crippen LogP contribution < -0.4 is 10.2 Å². The number of methoxy groups -OCH3 is 1. The molecule has 2 atom stereocenters. The molecule has 4 rings (SSSR count). The van der Waals surface area contributed by atoms with E-state index in [0.717, 1.165) is 36.0 Å². The summed E-state index contributed by atoms with van der Waals surface area (Å²) in [5, 5.41) is 3.48. The van der Waals surface area contributed by atoms with E-state index >= 15 is 0 Å². The molecular weight excluding hydrogens is 502 g/mol. The first kappa shape index (κ1) is 27.6. The molecule has 1 saturated carbocycles. The predicted octanol–water partition coefficient (Wildman–Crippen LogP) is 5.30. The van der Waals surface area contributed by atoms with Gasteiger partial charge in [-0.15, -0.1) is 6.58 Å². The molecule has 2 aliphatic rings. The normalized spacial score (nSPS) is 19.5. The minimum atomic E-state index is -1.18. The van der Waals surface area contributed by atoms with E-state index < -0.39 is 23.4 Å². The van der Waals surface area contributed by atoms with Crippen molar-refractivity contribution in [2.75, 3.05) is 19.1 Å². The number of halogens is 1. The molecule has 0 aromatic heterocycles. The number of esters is 1. The summed E-state index contributed by atoms with van der Waals surface area (Å²) in [6, 6.07) is 14.7. The monoisotopic (exact) mass is 535 g/mol. The zero-order valence-electron chi connectivity index (χ0n) is 22.1. The minimum Gasteiger partial charge on any atom is -0.469 e. The second-order valence-corrected chi connectivity index (χ2v) is 10.7. The van der Waals surface area contributed by atoms with Crippen molar-refractivity contribution in [1.29, 1.82) is 0 Å². The van der Waals surface area contributed by atoms with Gasteiger partial charge in [0.1, 0.15) is 0 Å². The number of amides is 2. The number of allylic oxidation sites excluding steroid dienone is 1. The van der Waals surface area contributed by atoms with Crippen LogP contribution in [0.25, 0.3) is 0 Å². The molecule has 2 aromatic rings. The number of para-hydroxylation sites is 1. The number of fused-ring (bicyclic) bond motifs is 1. The zero-order valence-corrected chi connectivity index (χ0v) is 22.9. The fraction of sp³-hybridized carbons (Fsp3) is 0.400. The Hall–Kier alpha value is -3.45. The predicted molar refractivity (Wildman–Crippen MR) is 149 cm³/mol. The van der Waals surface area contributed by atoms with Crippen LogP contribution in [0.3, 0.4) is 0 Å². The Morgan fingerprint density at radius 3 is 2.45 bits per heavy atom. The average Bonchev–Trinajstić information content (AvgIpc) is 3.02. The molecule has 200 valence electrons. The Bertz CT molecular complexity index is 1260. The van der Waals surface area contributed by atoms with Gasteiger partial charge in [-0.05, 0) is 44.4 Å². The highest BCUT2D eigenvalue weighted by atomic mass is 35.5. The molecule has 1 aliphatic carbocycles. The molecule has 2 unspecified atom stereocenters. The fourth-order valence-corrected chi connectivity index (χ4v) is 5.78. The highest BCUT2D eigenvalue weighted by molar-refractivity contribution is 6.30. The van der Waals surface area contributed by atoms with Gasteiger partial charge in [0.15, 0.2) is 0 Å². The number of nitrogens with one attached hydrogen (secondary N) is 1. The summed E-state index contributed by atoms with van der Waals surface area (Å²) in [6.45, 7) is 5.86. The third-order valence-electron chi connectivity index (χ3n) is 7.61. The highest BCUT2D eigenvalue weighted by Crippen LogP contribution is 2.46. The number of likely N-dealkylation sites (N-methyl/N-ethyl adjacent to an activating group) is 1. The first-order chi connectivity index (χ1) is 18.2. The summed E-state index contributed by atoms with van der Waals surface area (Å²) in [4.78, 5) is 47.1. The second-order valence-electron chi connectivity index (χ2n) is 10.2. The van der Waals surface area contributed by atoms with Gasteiger partial charge in [0.25, 0.3) is 5.91 Å². The lowest BCUT2D eigenvalue weighted by Crippen LogP contribution is -2.53. The van der Waals surface area contributed by atoms with E-state index in [1.54, 1.807) is 19.2 Å². The van der Waals surface area contributed by atoms with Gasteiger partial charge in [0.05, 0.1) is 29.8 Å². The van der Waals surface area contributed by atoms with E-state index in [-0.39, 0.29) is 11.9 Å². The standard InChI is InChI=1S/C30H34ClN3O4/c1-19(2)18-23(30(29(37)38-4)16-8-5-9-17-30)27(35)33-26-28(36)34(3)24-11-7-6-10-22(24)25(32-26)20-12-14-21(31)15-13-20/h6-7,10-15,23,26H,1,5,8-9,16-18H2,2-4H3,(H,33,35). The van der Waals surface area contributed by atoms with Crippen LogP contribution in [0.2, 0.25) is 5.02 Å². The number of nitrogens with zero attached hydrogens (tertiary/aromatic N) is 2. The number of hydrogen-bond donors (Lipinski definition) is 1. The van der Waals surface area contributed by atoms with Gasteiger partial charge in [-0.1, -0.05) is 66.8 Å². The minimum absolute atomic E-state index is 0.311. The molecule has 0 bridgehead atoms. The average molecular weight is 536 g/mol. The molecule has 1 fully saturated rings. The topological polar surface area (TPSA) is 88.1 Å². The molecule has 7 nitrogen and oxygen atoms in total. The summed E-state index contributed by atoms with van der Waals surface area (Å²) >= 11 is 6.12. The van der Waals surface area contributed by atoms with Crippen molar-refractivity contribution in [3.05, 3.63) is 76.8 Å². The summed E-state index contributed by atoms with van der Waals surface area (Å²) < 4.78 is 5.22. The quantitative estimate of drug-likeness (QED) is 0.385. The van der Waals surface area contributed by atoms with E-state index in [2.05, 4.69) is 11.9 Å². The van der Waals surface area contributed by atoms with Gasteiger partial charge in [0, 0.05) is 23.2 Å². The van der Waals surface area contributed by atoms with Crippen LogP contribution in [-0.4, -0.2) is 43.8 Å². The van der Waals surface area contributed by atoms with Crippen molar-refractivity contribution in [3.8, 4) is 0 Å². The number of hydrogen-bond acceptors (Lipinski definition) is 5. The van der Waals surface area contributed by atoms with Gasteiger partial charge in [-0.2, -0.15) is 0 Å². The first-order valence-corrected chi connectivity index (χ1v) is 13.3. The zero-order chi connectivity index (χ0) is 27.4. The molecule has 38 heavy (non-hydrogen) atoms. The maximum atomic E-state index is 14.0. The Kier molecular flexibility index (Phi) is 8.36. The van der Waals surface area contributed by atoms with Crippen molar-refractivity contribution >= 4 is 40.8 Å². The van der Waals surface area contributed by atoms with Gasteiger partial charge >= 0.3 is 5.97 Å². The second kappa shape index (κ2) is 11.5. The molecular formula is C30H34ClN3O4. The molecule has 0 radical (unpaired) electrons. The maximum absolute atomic E-state index is 14.0. The molecule has 2 aromatic carbocycles. The molecule has 1 N–H and O–H groups in total. The van der Waals surface area contributed by atoms with Crippen LogP contribution in [0.1, 0.15) is 56.6 Å². The highest BCUT2D eigenvalue weighted by Gasteiger charge is 2.50. The Morgan fingerprint density at radius 1 is 1.16 bits per heavy atom. The number of carbonyl (C=O) groups is 3. The number of aliphatic imine (C=N–C) groups is 1. The van der Waals surface area contributed by atoms with E-state index in [0.29, 0.717) is 35.7 Å². The number of benzene rings is 2. The van der Waals surface area contributed by atoms with Crippen molar-refractivity contribution in [2.24, 2.45) is 16.3 Å². The van der Waals surface area contributed by atoms with Gasteiger partial charge in [-0.25, -0.2) is 4.99 Å². The number of carbonyl (C=O) groups excluding carboxylic acids is 3. The summed E-state index contributed by atoms with van der Waals surface area (Å²) in [6.07, 6.45) is 2.88. The molecule has 8 heteroatoms. The molecule has 0 spiro atoms. The third-order valence-corrected chi connectivity index (χ3v) is 7.87. The van der Waals surface area contributed by atoms with Gasteiger partial charge in [0.2, 0.25) is 12.1 Å². The van der Waals surface area contributed by atoms with E-state index in [1.807, 2.05) is 43.3 Å². The summed E-state index contributed by atoms with van der Waals surface area (Å²) in [7, 11) is 3.03. The summed E-state index contributed by atoms with van der Waals surface area (Å²) in [5.41, 5.74) is 2.58. The molecule has 1 aliphatic heterocycles. The number of anilines is 1. The van der Waals surface area contributed by atoms with E-state index in [1.165, 1.54) is 12.0 Å². The third kappa shape index (κ3) is 5.39. The number of ether oxygens (including phenoxy) is 1. The molecule has 2 amide bonds. The van der Waals surface area contributed by atoms with Crippen LogP contribution >= 0.6 is 11.6 Å². The number of rotatable bonds is 7. The van der Waals surface area contributed by atoms with Crippen LogP contribution in [-0.2, 0) is 19.1 Å². The van der Waals surface area contributed by atoms with Crippen molar-refractivity contribution < 1.29 is 19.1 Å². The maximum Gasteiger partial charge on any atom is 0.312 e. The lowest BCUT2D eigenvalue weighted by molar-refractivity contribution is -0.163.